The van der Waals surface area contributed by atoms with E-state index >= 15 is 0 Å². The third-order valence-corrected chi connectivity index (χ3v) is 4.78. The van der Waals surface area contributed by atoms with Crippen molar-refractivity contribution in [2.24, 2.45) is 5.10 Å². The second-order valence-electron chi connectivity index (χ2n) is 6.44. The summed E-state index contributed by atoms with van der Waals surface area (Å²) in [5, 5.41) is 7.52. The summed E-state index contributed by atoms with van der Waals surface area (Å²) in [6, 6.07) is 13.9. The van der Waals surface area contributed by atoms with Gasteiger partial charge in [0, 0.05) is 37.7 Å². The zero-order chi connectivity index (χ0) is 19.1. The minimum atomic E-state index is 0.615. The van der Waals surface area contributed by atoms with Crippen LogP contribution >= 0.6 is 11.6 Å². The highest BCUT2D eigenvalue weighted by atomic mass is 35.5. The predicted octanol–water partition coefficient (Wildman–Crippen LogP) is 3.90. The zero-order valence-electron chi connectivity index (χ0n) is 15.9. The van der Waals surface area contributed by atoms with E-state index in [-0.39, 0.29) is 0 Å². The Balaban J connectivity index is 1.52. The van der Waals surface area contributed by atoms with Crippen molar-refractivity contribution in [2.75, 3.05) is 39.9 Å². The second kappa shape index (κ2) is 9.62. The zero-order valence-corrected chi connectivity index (χ0v) is 16.7. The fourth-order valence-electron chi connectivity index (χ4n) is 3.05. The Morgan fingerprint density at radius 1 is 1.04 bits per heavy atom. The van der Waals surface area contributed by atoms with E-state index in [0.717, 1.165) is 54.8 Å². The molecule has 0 saturated carbocycles. The van der Waals surface area contributed by atoms with Crippen molar-refractivity contribution < 1.29 is 9.47 Å². The molecule has 6 heteroatoms. The third-order valence-electron chi connectivity index (χ3n) is 4.53. The first-order valence-corrected chi connectivity index (χ1v) is 9.62. The lowest BCUT2D eigenvalue weighted by atomic mass is 10.2. The van der Waals surface area contributed by atoms with Gasteiger partial charge in [-0.15, -0.1) is 0 Å². The van der Waals surface area contributed by atoms with Gasteiger partial charge in [-0.05, 0) is 48.4 Å². The van der Waals surface area contributed by atoms with Crippen molar-refractivity contribution in [2.45, 2.75) is 13.5 Å². The van der Waals surface area contributed by atoms with Crippen LogP contribution in [0, 0.1) is 0 Å². The van der Waals surface area contributed by atoms with E-state index in [1.165, 1.54) is 5.56 Å². The van der Waals surface area contributed by atoms with Crippen LogP contribution in [0.5, 0.6) is 11.5 Å². The van der Waals surface area contributed by atoms with Gasteiger partial charge >= 0.3 is 0 Å². The van der Waals surface area contributed by atoms with Gasteiger partial charge in [-0.3, -0.25) is 9.91 Å². The molecule has 0 radical (unpaired) electrons. The molecular weight excluding hydrogens is 362 g/mol. The van der Waals surface area contributed by atoms with Crippen molar-refractivity contribution in [3.63, 3.8) is 0 Å². The Morgan fingerprint density at radius 3 is 2.44 bits per heavy atom. The van der Waals surface area contributed by atoms with Crippen LogP contribution in [0.15, 0.2) is 47.6 Å². The molecular formula is C21H26ClN3O2. The summed E-state index contributed by atoms with van der Waals surface area (Å²) in [5.74, 6) is 1.49. The third kappa shape index (κ3) is 5.62. The quantitative estimate of drug-likeness (QED) is 0.675. The molecule has 27 heavy (non-hydrogen) atoms. The van der Waals surface area contributed by atoms with Crippen LogP contribution in [-0.4, -0.2) is 56.0 Å². The molecule has 3 rings (SSSR count). The average molecular weight is 388 g/mol. The minimum absolute atomic E-state index is 0.615. The number of benzene rings is 2. The van der Waals surface area contributed by atoms with E-state index in [1.807, 2.05) is 43.5 Å². The number of hydrogen-bond donors (Lipinski definition) is 0. The summed E-state index contributed by atoms with van der Waals surface area (Å²) < 4.78 is 10.9. The first-order chi connectivity index (χ1) is 13.2. The van der Waals surface area contributed by atoms with Crippen LogP contribution in [0.4, 0.5) is 0 Å². The summed E-state index contributed by atoms with van der Waals surface area (Å²) in [6.45, 7) is 7.34. The van der Waals surface area contributed by atoms with Crippen LogP contribution in [0.3, 0.4) is 0 Å². The van der Waals surface area contributed by atoms with E-state index in [4.69, 9.17) is 21.1 Å². The first kappa shape index (κ1) is 19.5. The lowest BCUT2D eigenvalue weighted by molar-refractivity contribution is 0.131. The maximum atomic E-state index is 5.95. The molecule has 0 aliphatic carbocycles. The van der Waals surface area contributed by atoms with Gasteiger partial charge in [0.2, 0.25) is 0 Å². The number of nitrogens with zero attached hydrogens (tertiary/aromatic N) is 3. The number of ether oxygens (including phenoxy) is 2. The number of rotatable bonds is 7. The maximum Gasteiger partial charge on any atom is 0.161 e. The van der Waals surface area contributed by atoms with Crippen molar-refractivity contribution >= 4 is 17.8 Å². The van der Waals surface area contributed by atoms with Gasteiger partial charge in [-0.2, -0.15) is 5.10 Å². The Kier molecular flexibility index (Phi) is 6.96. The number of halogens is 1. The summed E-state index contributed by atoms with van der Waals surface area (Å²) in [6.07, 6.45) is 1.88. The summed E-state index contributed by atoms with van der Waals surface area (Å²) in [7, 11) is 1.65. The van der Waals surface area contributed by atoms with E-state index in [0.29, 0.717) is 6.61 Å². The molecule has 1 aliphatic heterocycles. The van der Waals surface area contributed by atoms with Crippen molar-refractivity contribution in [3.05, 3.63) is 58.6 Å². The van der Waals surface area contributed by atoms with Gasteiger partial charge in [0.1, 0.15) is 0 Å². The SMILES string of the molecule is CCOc1ccc(/C=N/N2CCN(Cc3ccc(Cl)cc3)CC2)cc1OC. The molecule has 1 heterocycles. The molecule has 1 fully saturated rings. The summed E-state index contributed by atoms with van der Waals surface area (Å²) in [5.41, 5.74) is 2.29. The minimum Gasteiger partial charge on any atom is -0.493 e. The second-order valence-corrected chi connectivity index (χ2v) is 6.88. The Bertz CT molecular complexity index is 757. The molecule has 2 aromatic carbocycles. The monoisotopic (exact) mass is 387 g/mol. The van der Waals surface area contributed by atoms with Gasteiger partial charge in [0.05, 0.1) is 19.9 Å². The molecule has 0 N–H and O–H groups in total. The molecule has 0 amide bonds. The van der Waals surface area contributed by atoms with Crippen molar-refractivity contribution in [3.8, 4) is 11.5 Å². The fraction of sp³-hybridized carbons (Fsp3) is 0.381. The average Bonchev–Trinajstić information content (AvgIpc) is 2.70. The Hall–Kier alpha value is -2.24. The Morgan fingerprint density at radius 2 is 1.78 bits per heavy atom. The number of methoxy groups -OCH3 is 1. The first-order valence-electron chi connectivity index (χ1n) is 9.24. The highest BCUT2D eigenvalue weighted by Crippen LogP contribution is 2.27. The summed E-state index contributed by atoms with van der Waals surface area (Å²) in [4.78, 5) is 2.44. The lowest BCUT2D eigenvalue weighted by Crippen LogP contribution is -2.43. The highest BCUT2D eigenvalue weighted by molar-refractivity contribution is 6.30. The molecule has 1 aliphatic rings. The topological polar surface area (TPSA) is 37.3 Å². The van der Waals surface area contributed by atoms with Crippen LogP contribution in [0.2, 0.25) is 5.02 Å². The molecule has 0 spiro atoms. The van der Waals surface area contributed by atoms with E-state index < -0.39 is 0 Å². The van der Waals surface area contributed by atoms with E-state index in [1.54, 1.807) is 7.11 Å². The van der Waals surface area contributed by atoms with Crippen LogP contribution in [-0.2, 0) is 6.54 Å². The van der Waals surface area contributed by atoms with E-state index in [2.05, 4.69) is 27.1 Å². The molecule has 0 bridgehead atoms. The van der Waals surface area contributed by atoms with Crippen molar-refractivity contribution in [1.82, 2.24) is 9.91 Å². The smallest absolute Gasteiger partial charge is 0.161 e. The normalized spacial score (nSPS) is 15.3. The molecule has 144 valence electrons. The van der Waals surface area contributed by atoms with Gasteiger partial charge in [-0.1, -0.05) is 23.7 Å². The number of hydrogen-bond acceptors (Lipinski definition) is 5. The van der Waals surface area contributed by atoms with Crippen LogP contribution in [0.1, 0.15) is 18.1 Å². The molecule has 1 saturated heterocycles. The number of piperazine rings is 1. The largest absolute Gasteiger partial charge is 0.493 e. The number of hydrazone groups is 1. The van der Waals surface area contributed by atoms with Crippen LogP contribution in [0.25, 0.3) is 0 Å². The van der Waals surface area contributed by atoms with Gasteiger partial charge < -0.3 is 9.47 Å². The van der Waals surface area contributed by atoms with Gasteiger partial charge in [-0.25, -0.2) is 0 Å². The van der Waals surface area contributed by atoms with Crippen molar-refractivity contribution in [1.29, 1.82) is 0 Å². The molecule has 0 atom stereocenters. The predicted molar refractivity (Wildman–Crippen MR) is 110 cm³/mol. The van der Waals surface area contributed by atoms with Crippen LogP contribution < -0.4 is 9.47 Å². The lowest BCUT2D eigenvalue weighted by Gasteiger charge is -2.33. The highest BCUT2D eigenvalue weighted by Gasteiger charge is 2.15. The maximum absolute atomic E-state index is 5.95. The molecule has 0 aromatic heterocycles. The molecule has 0 unspecified atom stereocenters. The standard InChI is InChI=1S/C21H26ClN3O2/c1-3-27-20-9-6-18(14-21(20)26-2)15-23-25-12-10-24(11-13-25)16-17-4-7-19(22)8-5-17/h4-9,14-15H,3,10-13,16H2,1-2H3/b23-15+. The van der Waals surface area contributed by atoms with E-state index in [9.17, 15) is 0 Å². The van der Waals surface area contributed by atoms with Gasteiger partial charge in [0.25, 0.3) is 0 Å². The fourth-order valence-corrected chi connectivity index (χ4v) is 3.17. The Labute approximate surface area is 166 Å². The molecule has 2 aromatic rings. The molecule has 5 nitrogen and oxygen atoms in total. The summed E-state index contributed by atoms with van der Waals surface area (Å²) >= 11 is 5.95. The van der Waals surface area contributed by atoms with Gasteiger partial charge in [0.15, 0.2) is 11.5 Å².